The lowest BCUT2D eigenvalue weighted by Crippen LogP contribution is -2.48. The van der Waals surface area contributed by atoms with Crippen molar-refractivity contribution in [3.05, 3.63) is 71.6 Å². The summed E-state index contributed by atoms with van der Waals surface area (Å²) in [7, 11) is 0. The van der Waals surface area contributed by atoms with Crippen molar-refractivity contribution in [1.82, 2.24) is 4.98 Å². The molecule has 0 radical (unpaired) electrons. The molecule has 3 heteroatoms. The number of hydrogen-bond acceptors (Lipinski definition) is 3. The van der Waals surface area contributed by atoms with Crippen LogP contribution in [0.4, 0.5) is 0 Å². The number of hydrogen-bond donors (Lipinski definition) is 1. The molecule has 0 fully saturated rings. The number of nitrogens with zero attached hydrogens (tertiary/aromatic N) is 1. The third-order valence-electron chi connectivity index (χ3n) is 6.36. The summed E-state index contributed by atoms with van der Waals surface area (Å²) >= 11 is 0. The van der Waals surface area contributed by atoms with Gasteiger partial charge in [-0.25, -0.2) is 0 Å². The molecule has 0 saturated carbocycles. The summed E-state index contributed by atoms with van der Waals surface area (Å²) in [5.41, 5.74) is 4.85. The van der Waals surface area contributed by atoms with Gasteiger partial charge in [0.25, 0.3) is 0 Å². The maximum absolute atomic E-state index is 9.52. The Labute approximate surface area is 147 Å². The van der Waals surface area contributed by atoms with E-state index in [1.165, 1.54) is 16.7 Å². The van der Waals surface area contributed by atoms with Crippen LogP contribution in [0.1, 0.15) is 37.4 Å². The van der Waals surface area contributed by atoms with Crippen molar-refractivity contribution in [1.29, 1.82) is 0 Å². The van der Waals surface area contributed by atoms with Gasteiger partial charge < -0.3 is 9.84 Å². The van der Waals surface area contributed by atoms with Crippen LogP contribution in [0, 0.1) is 5.41 Å². The van der Waals surface area contributed by atoms with Crippen LogP contribution in [0.25, 0.3) is 5.57 Å². The highest BCUT2D eigenvalue weighted by Crippen LogP contribution is 2.59. The summed E-state index contributed by atoms with van der Waals surface area (Å²) in [4.78, 5) is 4.53. The SMILES string of the molecule is C[C@]12CCC(c3ccc(O)cc3)=CC1=CC[C@@]21Cc2ncccc2O1. The molecule has 2 aliphatic carbocycles. The van der Waals surface area contributed by atoms with Gasteiger partial charge in [0.05, 0.1) is 5.69 Å². The van der Waals surface area contributed by atoms with E-state index in [-0.39, 0.29) is 11.0 Å². The van der Waals surface area contributed by atoms with E-state index in [2.05, 4.69) is 24.1 Å². The van der Waals surface area contributed by atoms with E-state index in [9.17, 15) is 5.11 Å². The minimum Gasteiger partial charge on any atom is -0.508 e. The van der Waals surface area contributed by atoms with Gasteiger partial charge in [0.15, 0.2) is 0 Å². The molecule has 3 aliphatic rings. The second-order valence-corrected chi connectivity index (χ2v) is 7.63. The number of aromatic nitrogens is 1. The highest BCUT2D eigenvalue weighted by atomic mass is 16.5. The highest BCUT2D eigenvalue weighted by Gasteiger charge is 2.58. The number of rotatable bonds is 1. The van der Waals surface area contributed by atoms with Gasteiger partial charge >= 0.3 is 0 Å². The molecule has 0 saturated heterocycles. The molecule has 2 heterocycles. The highest BCUT2D eigenvalue weighted by molar-refractivity contribution is 5.71. The molecule has 0 unspecified atom stereocenters. The van der Waals surface area contributed by atoms with E-state index in [0.717, 1.165) is 37.1 Å². The Morgan fingerprint density at radius 3 is 2.80 bits per heavy atom. The van der Waals surface area contributed by atoms with Crippen LogP contribution in [0.5, 0.6) is 11.5 Å². The normalized spacial score (nSPS) is 29.6. The van der Waals surface area contributed by atoms with Crippen molar-refractivity contribution in [3.8, 4) is 11.5 Å². The number of phenols is 1. The lowest BCUT2D eigenvalue weighted by molar-refractivity contribution is -0.00193. The summed E-state index contributed by atoms with van der Waals surface area (Å²) in [6, 6.07) is 11.5. The zero-order chi connectivity index (χ0) is 17.1. The molecule has 2 atom stereocenters. The maximum Gasteiger partial charge on any atom is 0.141 e. The summed E-state index contributed by atoms with van der Waals surface area (Å²) < 4.78 is 6.51. The number of allylic oxidation sites excluding steroid dienone is 2. The van der Waals surface area contributed by atoms with E-state index in [1.54, 1.807) is 12.1 Å². The molecule has 1 aromatic heterocycles. The summed E-state index contributed by atoms with van der Waals surface area (Å²) in [5.74, 6) is 1.26. The molecular weight excluding hydrogens is 310 g/mol. The number of phenolic OH excluding ortho intramolecular Hbond substituents is 1. The van der Waals surface area contributed by atoms with E-state index in [1.807, 2.05) is 30.5 Å². The predicted octanol–water partition coefficient (Wildman–Crippen LogP) is 4.67. The van der Waals surface area contributed by atoms with Gasteiger partial charge in [-0.1, -0.05) is 31.2 Å². The molecule has 25 heavy (non-hydrogen) atoms. The minimum absolute atomic E-state index is 0.0219. The Hall–Kier alpha value is -2.55. The van der Waals surface area contributed by atoms with Gasteiger partial charge in [0.1, 0.15) is 17.1 Å². The number of aromatic hydroxyl groups is 1. The largest absolute Gasteiger partial charge is 0.508 e. The molecule has 5 rings (SSSR count). The molecule has 3 nitrogen and oxygen atoms in total. The molecule has 2 aromatic rings. The Morgan fingerprint density at radius 2 is 2.00 bits per heavy atom. The topological polar surface area (TPSA) is 42.4 Å². The first-order valence-electron chi connectivity index (χ1n) is 8.93. The van der Waals surface area contributed by atoms with Crippen LogP contribution < -0.4 is 4.74 Å². The van der Waals surface area contributed by atoms with Gasteiger partial charge in [-0.05, 0) is 53.8 Å². The molecule has 0 bridgehead atoms. The second-order valence-electron chi connectivity index (χ2n) is 7.63. The minimum atomic E-state index is -0.185. The number of pyridine rings is 1. The number of fused-ring (bicyclic) bond motifs is 3. The fourth-order valence-electron chi connectivity index (χ4n) is 4.71. The smallest absolute Gasteiger partial charge is 0.141 e. The monoisotopic (exact) mass is 331 g/mol. The van der Waals surface area contributed by atoms with Crippen molar-refractivity contribution >= 4 is 5.57 Å². The van der Waals surface area contributed by atoms with Gasteiger partial charge in [0, 0.05) is 24.5 Å². The fourth-order valence-corrected chi connectivity index (χ4v) is 4.71. The summed E-state index contributed by atoms with van der Waals surface area (Å²) in [6.07, 6.45) is 10.5. The molecule has 1 N–H and O–H groups in total. The quantitative estimate of drug-likeness (QED) is 0.825. The zero-order valence-corrected chi connectivity index (χ0v) is 14.3. The van der Waals surface area contributed by atoms with Crippen LogP contribution >= 0.6 is 0 Å². The molecular formula is C22H21NO2. The Balaban J connectivity index is 1.49. The van der Waals surface area contributed by atoms with Crippen LogP contribution in [-0.4, -0.2) is 15.7 Å². The van der Waals surface area contributed by atoms with Crippen molar-refractivity contribution < 1.29 is 9.84 Å². The third-order valence-corrected chi connectivity index (χ3v) is 6.36. The lowest BCUT2D eigenvalue weighted by atomic mass is 9.64. The van der Waals surface area contributed by atoms with Gasteiger partial charge in [-0.15, -0.1) is 0 Å². The fraction of sp³-hybridized carbons (Fsp3) is 0.318. The van der Waals surface area contributed by atoms with E-state index < -0.39 is 0 Å². The van der Waals surface area contributed by atoms with Crippen molar-refractivity contribution in [3.63, 3.8) is 0 Å². The van der Waals surface area contributed by atoms with Crippen LogP contribution in [-0.2, 0) is 6.42 Å². The summed E-state index contributed by atoms with van der Waals surface area (Å²) in [5, 5.41) is 9.52. The first-order valence-corrected chi connectivity index (χ1v) is 8.93. The van der Waals surface area contributed by atoms with E-state index in [4.69, 9.17) is 4.74 Å². The summed E-state index contributed by atoms with van der Waals surface area (Å²) in [6.45, 7) is 2.35. The first kappa shape index (κ1) is 14.8. The zero-order valence-electron chi connectivity index (χ0n) is 14.3. The molecule has 1 spiro atoms. The predicted molar refractivity (Wildman–Crippen MR) is 97.4 cm³/mol. The van der Waals surface area contributed by atoms with Crippen LogP contribution in [0.2, 0.25) is 0 Å². The van der Waals surface area contributed by atoms with Crippen molar-refractivity contribution in [2.75, 3.05) is 0 Å². The maximum atomic E-state index is 9.52. The second kappa shape index (κ2) is 4.98. The lowest BCUT2D eigenvalue weighted by Gasteiger charge is -2.44. The van der Waals surface area contributed by atoms with Crippen LogP contribution in [0.15, 0.2) is 60.3 Å². The standard InChI is InChI=1S/C22H21NO2/c1-21-10-8-16(15-4-6-18(24)7-5-15)13-17(21)9-11-22(21)14-19-20(25-22)3-2-12-23-19/h2-7,9,12-13,24H,8,10-11,14H2,1H3/t21-,22+/m0/s1. The average molecular weight is 331 g/mol. The molecule has 0 amide bonds. The van der Waals surface area contributed by atoms with E-state index in [0.29, 0.717) is 5.75 Å². The third kappa shape index (κ3) is 2.02. The van der Waals surface area contributed by atoms with E-state index >= 15 is 0 Å². The molecule has 1 aliphatic heterocycles. The number of benzene rings is 1. The first-order chi connectivity index (χ1) is 12.1. The van der Waals surface area contributed by atoms with Crippen molar-refractivity contribution in [2.24, 2.45) is 5.41 Å². The Kier molecular flexibility index (Phi) is 2.94. The Morgan fingerprint density at radius 1 is 1.16 bits per heavy atom. The molecule has 1 aromatic carbocycles. The van der Waals surface area contributed by atoms with Gasteiger partial charge in [0.2, 0.25) is 0 Å². The van der Waals surface area contributed by atoms with Crippen molar-refractivity contribution in [2.45, 2.75) is 38.2 Å². The molecule has 126 valence electrons. The number of ether oxygens (including phenoxy) is 1. The van der Waals surface area contributed by atoms with Crippen LogP contribution in [0.3, 0.4) is 0 Å². The average Bonchev–Trinajstić information content (AvgIpc) is 3.14. The van der Waals surface area contributed by atoms with Gasteiger partial charge in [-0.3, -0.25) is 4.98 Å². The van der Waals surface area contributed by atoms with Gasteiger partial charge in [-0.2, -0.15) is 0 Å². The Bertz CT molecular complexity index is 885.